The Kier molecular flexibility index (Phi) is 6.90. The molecule has 3 aromatic rings. The lowest BCUT2D eigenvalue weighted by Crippen LogP contribution is -2.49. The molecule has 0 spiro atoms. The number of piperazine rings is 1. The molecule has 2 heterocycles. The highest BCUT2D eigenvalue weighted by molar-refractivity contribution is 5.79. The molecule has 0 radical (unpaired) electrons. The van der Waals surface area contributed by atoms with Crippen LogP contribution in [0.15, 0.2) is 42.7 Å². The van der Waals surface area contributed by atoms with Crippen molar-refractivity contribution in [2.24, 2.45) is 0 Å². The van der Waals surface area contributed by atoms with E-state index in [-0.39, 0.29) is 11.6 Å². The van der Waals surface area contributed by atoms with Crippen LogP contribution < -0.4 is 4.74 Å². The normalized spacial score (nSPS) is 14.2. The van der Waals surface area contributed by atoms with Crippen molar-refractivity contribution in [1.29, 1.82) is 0 Å². The van der Waals surface area contributed by atoms with Gasteiger partial charge in [-0.25, -0.2) is 13.9 Å². The predicted molar refractivity (Wildman–Crippen MR) is 119 cm³/mol. The van der Waals surface area contributed by atoms with Crippen LogP contribution in [0.1, 0.15) is 11.1 Å². The Morgan fingerprint density at radius 3 is 2.58 bits per heavy atom. The number of hydrogen-bond donors (Lipinski definition) is 0. The van der Waals surface area contributed by atoms with Gasteiger partial charge in [0, 0.05) is 38.8 Å². The fourth-order valence-corrected chi connectivity index (χ4v) is 3.89. The number of hydrogen-bond acceptors (Lipinski definition) is 6. The Morgan fingerprint density at radius 1 is 1.18 bits per heavy atom. The average Bonchev–Trinajstić information content (AvgIpc) is 3.39. The highest BCUT2D eigenvalue weighted by Crippen LogP contribution is 2.28. The molecule has 0 aliphatic carbocycles. The van der Waals surface area contributed by atoms with Gasteiger partial charge in [0.1, 0.15) is 17.9 Å². The summed E-state index contributed by atoms with van der Waals surface area (Å²) in [5.41, 5.74) is 2.60. The minimum atomic E-state index is -0.567. The minimum Gasteiger partial charge on any atom is -0.496 e. The van der Waals surface area contributed by atoms with Crippen molar-refractivity contribution in [2.45, 2.75) is 12.8 Å². The molecule has 1 aromatic heterocycles. The predicted octanol–water partition coefficient (Wildman–Crippen LogP) is 2.29. The van der Waals surface area contributed by atoms with E-state index in [1.54, 1.807) is 10.7 Å². The highest BCUT2D eigenvalue weighted by Gasteiger charge is 2.21. The molecule has 1 aliphatic rings. The molecule has 10 heteroatoms. The Balaban J connectivity index is 1.27. The zero-order valence-electron chi connectivity index (χ0n) is 18.3. The number of amides is 1. The van der Waals surface area contributed by atoms with Crippen molar-refractivity contribution in [3.8, 4) is 11.4 Å². The van der Waals surface area contributed by atoms with Crippen LogP contribution in [0.5, 0.6) is 5.75 Å². The molecular weight excluding hydrogens is 425 g/mol. The number of ether oxygens (including phenoxy) is 1. The fraction of sp³-hybridized carbons (Fsp3) is 0.348. The number of tetrazole rings is 1. The van der Waals surface area contributed by atoms with Gasteiger partial charge in [0.05, 0.1) is 25.8 Å². The maximum atomic E-state index is 13.8. The van der Waals surface area contributed by atoms with E-state index < -0.39 is 5.82 Å². The third kappa shape index (κ3) is 5.32. The van der Waals surface area contributed by atoms with Crippen LogP contribution in [0.4, 0.5) is 10.1 Å². The van der Waals surface area contributed by atoms with Crippen molar-refractivity contribution >= 4 is 11.6 Å². The molecule has 0 unspecified atom stereocenters. The summed E-state index contributed by atoms with van der Waals surface area (Å²) in [6.07, 6.45) is 2.52. The lowest BCUT2D eigenvalue weighted by atomic mass is 10.1. The topological polar surface area (TPSA) is 80.7 Å². The minimum absolute atomic E-state index is 0.00667. The van der Waals surface area contributed by atoms with E-state index in [0.717, 1.165) is 36.4 Å². The van der Waals surface area contributed by atoms with Crippen LogP contribution in [0.25, 0.3) is 10.5 Å². The lowest BCUT2D eigenvalue weighted by molar-refractivity contribution is -0.132. The van der Waals surface area contributed by atoms with Gasteiger partial charge in [0.15, 0.2) is 0 Å². The monoisotopic (exact) mass is 449 g/mol. The summed E-state index contributed by atoms with van der Waals surface area (Å²) in [6.45, 7) is 10.7. The quantitative estimate of drug-likeness (QED) is 0.515. The van der Waals surface area contributed by atoms with Gasteiger partial charge in [-0.3, -0.25) is 9.69 Å². The number of nitrogens with zero attached hydrogens (tertiary/aromatic N) is 7. The van der Waals surface area contributed by atoms with Gasteiger partial charge < -0.3 is 9.64 Å². The Hall–Kier alpha value is -3.84. The van der Waals surface area contributed by atoms with E-state index in [4.69, 9.17) is 11.3 Å². The second-order valence-corrected chi connectivity index (χ2v) is 7.80. The zero-order valence-corrected chi connectivity index (χ0v) is 18.3. The van der Waals surface area contributed by atoms with Gasteiger partial charge >= 0.3 is 0 Å². The smallest absolute Gasteiger partial charge is 0.227 e. The highest BCUT2D eigenvalue weighted by atomic mass is 19.1. The Morgan fingerprint density at radius 2 is 1.94 bits per heavy atom. The maximum absolute atomic E-state index is 13.8. The molecule has 0 bridgehead atoms. The fourth-order valence-electron chi connectivity index (χ4n) is 3.89. The number of methoxy groups -OCH3 is 1. The van der Waals surface area contributed by atoms with Crippen LogP contribution in [0, 0.1) is 12.4 Å². The van der Waals surface area contributed by atoms with Gasteiger partial charge in [0.25, 0.3) is 0 Å². The molecule has 1 amide bonds. The van der Waals surface area contributed by atoms with E-state index in [2.05, 4.69) is 25.3 Å². The first-order valence-electron chi connectivity index (χ1n) is 10.6. The molecule has 4 rings (SSSR count). The van der Waals surface area contributed by atoms with Gasteiger partial charge in [-0.1, -0.05) is 12.1 Å². The van der Waals surface area contributed by atoms with Crippen LogP contribution in [0.2, 0.25) is 0 Å². The first kappa shape index (κ1) is 22.4. The lowest BCUT2D eigenvalue weighted by Gasteiger charge is -2.35. The number of carbonyl (C=O) groups is 1. The maximum Gasteiger partial charge on any atom is 0.227 e. The molecule has 1 fully saturated rings. The molecule has 0 atom stereocenters. The Bertz CT molecular complexity index is 1130. The van der Waals surface area contributed by atoms with Crippen LogP contribution >= 0.6 is 0 Å². The summed E-state index contributed by atoms with van der Waals surface area (Å²) in [6, 6.07) is 10.4. The number of halogens is 1. The number of carbonyl (C=O) groups excluding carboxylic acids is 1. The summed E-state index contributed by atoms with van der Waals surface area (Å²) in [7, 11) is 1.50. The van der Waals surface area contributed by atoms with E-state index in [1.165, 1.54) is 19.5 Å². The molecule has 33 heavy (non-hydrogen) atoms. The SMILES string of the molecule is [C-]#[N+]c1cc(CCN2CCN(C(=O)Cc3ccc(-n4cnnn4)cc3)CC2)c(OC)cc1F. The van der Waals surface area contributed by atoms with Crippen molar-refractivity contribution in [3.05, 3.63) is 71.1 Å². The number of benzene rings is 2. The first-order chi connectivity index (χ1) is 16.1. The van der Waals surface area contributed by atoms with E-state index in [1.807, 2.05) is 29.2 Å². The van der Waals surface area contributed by atoms with E-state index in [9.17, 15) is 9.18 Å². The summed E-state index contributed by atoms with van der Waals surface area (Å²) in [5, 5.41) is 11.1. The van der Waals surface area contributed by atoms with Crippen LogP contribution in [-0.2, 0) is 17.6 Å². The molecule has 170 valence electrons. The van der Waals surface area contributed by atoms with Crippen molar-refractivity contribution < 1.29 is 13.9 Å². The second kappa shape index (κ2) is 10.2. The summed E-state index contributed by atoms with van der Waals surface area (Å²) in [5.74, 6) is -0.00527. The zero-order chi connectivity index (χ0) is 23.2. The van der Waals surface area contributed by atoms with Gasteiger partial charge in [-0.05, 0) is 46.2 Å². The molecule has 0 N–H and O–H groups in total. The van der Waals surface area contributed by atoms with Crippen LogP contribution in [-0.4, -0.2) is 75.7 Å². The molecule has 9 nitrogen and oxygen atoms in total. The molecule has 1 aliphatic heterocycles. The second-order valence-electron chi connectivity index (χ2n) is 7.80. The third-order valence-electron chi connectivity index (χ3n) is 5.80. The van der Waals surface area contributed by atoms with Gasteiger partial charge in [0.2, 0.25) is 11.6 Å². The molecule has 2 aromatic carbocycles. The van der Waals surface area contributed by atoms with Crippen molar-refractivity contribution in [3.63, 3.8) is 0 Å². The van der Waals surface area contributed by atoms with Gasteiger partial charge in [-0.15, -0.1) is 5.10 Å². The van der Waals surface area contributed by atoms with Gasteiger partial charge in [-0.2, -0.15) is 0 Å². The molecule has 1 saturated heterocycles. The van der Waals surface area contributed by atoms with Crippen molar-refractivity contribution in [2.75, 3.05) is 39.8 Å². The largest absolute Gasteiger partial charge is 0.496 e. The summed E-state index contributed by atoms with van der Waals surface area (Å²) < 4.78 is 20.7. The summed E-state index contributed by atoms with van der Waals surface area (Å²) >= 11 is 0. The number of aromatic nitrogens is 4. The number of rotatable bonds is 7. The van der Waals surface area contributed by atoms with Crippen molar-refractivity contribution in [1.82, 2.24) is 30.0 Å². The Labute approximate surface area is 191 Å². The molecule has 0 saturated carbocycles. The van der Waals surface area contributed by atoms with Crippen LogP contribution in [0.3, 0.4) is 0 Å². The molecular formula is C23H24FN7O2. The average molecular weight is 449 g/mol. The summed E-state index contributed by atoms with van der Waals surface area (Å²) in [4.78, 5) is 20.1. The standard InChI is InChI=1S/C23H24FN7O2/c1-25-21-14-18(22(33-2)15-20(21)24)7-8-29-9-11-30(12-10-29)23(32)13-17-3-5-19(6-4-17)31-16-26-27-28-31/h3-6,14-16H,7-13H2,2H3. The third-order valence-corrected chi connectivity index (χ3v) is 5.80. The van der Waals surface area contributed by atoms with E-state index in [0.29, 0.717) is 31.7 Å². The van der Waals surface area contributed by atoms with E-state index >= 15 is 0 Å². The first-order valence-corrected chi connectivity index (χ1v) is 10.6.